The van der Waals surface area contributed by atoms with E-state index in [1.807, 2.05) is 80.8 Å². The van der Waals surface area contributed by atoms with E-state index in [2.05, 4.69) is 26.6 Å². The third kappa shape index (κ3) is 10.4. The van der Waals surface area contributed by atoms with Crippen LogP contribution in [-0.2, 0) is 41.6 Å². The Balaban J connectivity index is 1.71. The van der Waals surface area contributed by atoms with Crippen molar-refractivity contribution in [3.8, 4) is 0 Å². The van der Waals surface area contributed by atoms with Crippen LogP contribution in [-0.4, -0.2) is 88.6 Å². The molecule has 2 aliphatic rings. The molecule has 1 saturated heterocycles. The Kier molecular flexibility index (Phi) is 13.4. The number of benzene rings is 2. The Morgan fingerprint density at radius 3 is 1.73 bits per heavy atom. The summed E-state index contributed by atoms with van der Waals surface area (Å²) in [6.07, 6.45) is 5.68. The van der Waals surface area contributed by atoms with Crippen molar-refractivity contribution >= 4 is 47.2 Å². The second-order valence-electron chi connectivity index (χ2n) is 12.8. The predicted octanol–water partition coefficient (Wildman–Crippen LogP) is 1.45. The van der Waals surface area contributed by atoms with E-state index in [0.717, 1.165) is 11.1 Å². The van der Waals surface area contributed by atoms with E-state index >= 15 is 0 Å². The van der Waals surface area contributed by atoms with Crippen molar-refractivity contribution in [2.24, 2.45) is 5.92 Å². The highest BCUT2D eigenvalue weighted by atomic mass is 32.2. The highest BCUT2D eigenvalue weighted by Crippen LogP contribution is 2.20. The van der Waals surface area contributed by atoms with Crippen LogP contribution in [0.4, 0.5) is 0 Å². The normalized spacial score (nSPS) is 25.5. The van der Waals surface area contributed by atoms with Crippen molar-refractivity contribution in [3.63, 3.8) is 0 Å². The maximum absolute atomic E-state index is 13.9. The van der Waals surface area contributed by atoms with Crippen LogP contribution in [0.3, 0.4) is 0 Å². The maximum Gasteiger partial charge on any atom is 0.253 e. The van der Waals surface area contributed by atoms with Crippen molar-refractivity contribution in [1.82, 2.24) is 31.5 Å². The average molecular weight is 691 g/mol. The molecular weight excluding hydrogens is 644 g/mol. The first kappa shape index (κ1) is 37.2. The Morgan fingerprint density at radius 1 is 0.673 bits per heavy atom. The van der Waals surface area contributed by atoms with E-state index in [9.17, 15) is 28.8 Å². The van der Waals surface area contributed by atoms with Gasteiger partial charge in [-0.25, -0.2) is 0 Å². The summed E-state index contributed by atoms with van der Waals surface area (Å²) in [6.45, 7) is 5.34. The van der Waals surface area contributed by atoms with Gasteiger partial charge in [-0.1, -0.05) is 74.5 Å². The fourth-order valence-corrected chi connectivity index (χ4v) is 6.22. The van der Waals surface area contributed by atoms with Gasteiger partial charge in [0, 0.05) is 19.0 Å². The van der Waals surface area contributed by atoms with E-state index in [4.69, 9.17) is 0 Å². The Labute approximate surface area is 291 Å². The predicted molar refractivity (Wildman–Crippen MR) is 188 cm³/mol. The lowest BCUT2D eigenvalue weighted by molar-refractivity contribution is -0.140. The molecule has 13 heteroatoms. The van der Waals surface area contributed by atoms with Gasteiger partial charge in [-0.2, -0.15) is 11.8 Å². The van der Waals surface area contributed by atoms with Crippen LogP contribution < -0.4 is 26.6 Å². The molecule has 262 valence electrons. The van der Waals surface area contributed by atoms with Crippen LogP contribution in [0, 0.1) is 5.92 Å². The van der Waals surface area contributed by atoms with Crippen LogP contribution in [0.2, 0.25) is 0 Å². The van der Waals surface area contributed by atoms with Gasteiger partial charge >= 0.3 is 0 Å². The first-order valence-electron chi connectivity index (χ1n) is 16.6. The van der Waals surface area contributed by atoms with E-state index in [1.165, 1.54) is 35.9 Å². The lowest BCUT2D eigenvalue weighted by Gasteiger charge is -2.30. The summed E-state index contributed by atoms with van der Waals surface area (Å²) in [5.74, 6) is -2.84. The number of amides is 6. The monoisotopic (exact) mass is 690 g/mol. The van der Waals surface area contributed by atoms with Crippen LogP contribution in [0.5, 0.6) is 0 Å². The molecule has 2 aliphatic heterocycles. The first-order valence-corrected chi connectivity index (χ1v) is 17.9. The lowest BCUT2D eigenvalue weighted by atomic mass is 10.0. The highest BCUT2D eigenvalue weighted by Gasteiger charge is 2.39. The molecule has 6 amide bonds. The molecule has 6 atom stereocenters. The molecule has 4 rings (SSSR count). The Morgan fingerprint density at radius 2 is 1.18 bits per heavy atom. The summed E-state index contributed by atoms with van der Waals surface area (Å²) in [6, 6.07) is 11.9. The molecule has 0 aliphatic carbocycles. The zero-order chi connectivity index (χ0) is 35.5. The first-order chi connectivity index (χ1) is 23.5. The zero-order valence-electron chi connectivity index (χ0n) is 28.3. The number of hydrogen-bond donors (Lipinski definition) is 5. The van der Waals surface area contributed by atoms with Gasteiger partial charge in [0.05, 0.1) is 0 Å². The van der Waals surface area contributed by atoms with E-state index < -0.39 is 71.7 Å². The highest BCUT2D eigenvalue weighted by molar-refractivity contribution is 7.98. The van der Waals surface area contributed by atoms with Gasteiger partial charge in [0.15, 0.2) is 0 Å². The Hall–Kier alpha value is -4.65. The summed E-state index contributed by atoms with van der Waals surface area (Å²) >= 11 is 1.50. The smallest absolute Gasteiger partial charge is 0.253 e. The molecule has 0 aromatic heterocycles. The second-order valence-corrected chi connectivity index (χ2v) is 13.8. The quantitative estimate of drug-likeness (QED) is 0.266. The summed E-state index contributed by atoms with van der Waals surface area (Å²) in [5, 5.41) is 13.8. The van der Waals surface area contributed by atoms with E-state index in [0.29, 0.717) is 12.2 Å². The summed E-state index contributed by atoms with van der Waals surface area (Å²) in [4.78, 5) is 83.5. The molecule has 5 N–H and O–H groups in total. The molecule has 0 saturated carbocycles. The number of thioether (sulfide) groups is 1. The molecule has 12 nitrogen and oxygen atoms in total. The van der Waals surface area contributed by atoms with Gasteiger partial charge in [-0.3, -0.25) is 28.8 Å². The molecule has 0 spiro atoms. The van der Waals surface area contributed by atoms with Crippen LogP contribution in [0.15, 0.2) is 72.9 Å². The van der Waals surface area contributed by atoms with Gasteiger partial charge in [-0.05, 0) is 54.9 Å². The standard InChI is InChI=1S/C36H46N6O6S/c1-22(2)19-30-35(47)38-26(16-18-49-4)32(44)37-23(3)31(43)40-28(20-24-11-7-5-8-12-24)34(46)41-29(21-25-13-9-6-10-14-25)33(45)39-27-15-17-42(30)36(27)48/h5-15,17,22-23,26-30H,16,18-21H2,1-4H3,(H,37,44)(H,38,47)(H,39,45)(H,40,43)(H,41,46)/t23-,26-,27+,28-,29-,30-/m0/s1. The Bertz CT molecular complexity index is 1520. The number of hydrogen-bond acceptors (Lipinski definition) is 7. The maximum atomic E-state index is 13.9. The second kappa shape index (κ2) is 17.7. The van der Waals surface area contributed by atoms with Crippen molar-refractivity contribution in [2.75, 3.05) is 12.0 Å². The molecule has 0 unspecified atom stereocenters. The molecule has 2 heterocycles. The van der Waals surface area contributed by atoms with Gasteiger partial charge in [-0.15, -0.1) is 0 Å². The minimum absolute atomic E-state index is 0.0138. The molecule has 0 radical (unpaired) electrons. The number of rotatable bonds is 9. The minimum Gasteiger partial charge on any atom is -0.343 e. The molecule has 2 aromatic carbocycles. The fraction of sp³-hybridized carbons (Fsp3) is 0.444. The van der Waals surface area contributed by atoms with E-state index in [-0.39, 0.29) is 25.2 Å². The molecular formula is C36H46N6O6S. The zero-order valence-corrected chi connectivity index (χ0v) is 29.1. The minimum atomic E-state index is -1.11. The number of carbonyl (C=O) groups excluding carboxylic acids is 6. The number of carbonyl (C=O) groups is 6. The van der Waals surface area contributed by atoms with Crippen LogP contribution >= 0.6 is 11.8 Å². The molecule has 2 bridgehead atoms. The van der Waals surface area contributed by atoms with Gasteiger partial charge in [0.25, 0.3) is 5.91 Å². The number of nitrogens with one attached hydrogen (secondary N) is 5. The summed E-state index contributed by atoms with van der Waals surface area (Å²) in [5.41, 5.74) is 1.54. The van der Waals surface area contributed by atoms with Crippen LogP contribution in [0.25, 0.3) is 0 Å². The third-order valence-electron chi connectivity index (χ3n) is 8.42. The number of fused-ring (bicyclic) bond motifs is 2. The van der Waals surface area contributed by atoms with Gasteiger partial charge in [0.2, 0.25) is 29.5 Å². The molecule has 49 heavy (non-hydrogen) atoms. The topological polar surface area (TPSA) is 166 Å². The van der Waals surface area contributed by atoms with Crippen molar-refractivity contribution in [2.45, 2.75) is 82.7 Å². The van der Waals surface area contributed by atoms with Crippen molar-refractivity contribution in [3.05, 3.63) is 84.1 Å². The average Bonchev–Trinajstić information content (AvgIpc) is 3.43. The van der Waals surface area contributed by atoms with Gasteiger partial charge < -0.3 is 31.5 Å². The SMILES string of the molecule is CSCC[C@@H]1NC(=O)[C@H](CC(C)C)N2C=C[C@@H](NC(=O)[C@H](Cc3ccccc3)NC(=O)[C@H](Cc3ccccc3)NC(=O)[C@H](C)NC1=O)C2=O. The van der Waals surface area contributed by atoms with E-state index in [1.54, 1.807) is 0 Å². The third-order valence-corrected chi connectivity index (χ3v) is 9.06. The largest absolute Gasteiger partial charge is 0.343 e. The van der Waals surface area contributed by atoms with Gasteiger partial charge in [0.1, 0.15) is 36.3 Å². The van der Waals surface area contributed by atoms with Crippen LogP contribution in [0.1, 0.15) is 44.7 Å². The van der Waals surface area contributed by atoms with Crippen molar-refractivity contribution < 1.29 is 28.8 Å². The summed E-state index contributed by atoms with van der Waals surface area (Å²) in [7, 11) is 0. The van der Waals surface area contributed by atoms with Crippen molar-refractivity contribution in [1.29, 1.82) is 0 Å². The number of nitrogens with zero attached hydrogens (tertiary/aromatic N) is 1. The fourth-order valence-electron chi connectivity index (χ4n) is 5.75. The lowest BCUT2D eigenvalue weighted by Crippen LogP contribution is -2.60. The molecule has 1 fully saturated rings. The molecule has 2 aromatic rings. The summed E-state index contributed by atoms with van der Waals surface area (Å²) < 4.78 is 0.